The molecule has 0 fully saturated rings. The molecule has 10 heavy (non-hydrogen) atoms. The van der Waals surface area contributed by atoms with Crippen LogP contribution in [0.3, 0.4) is 0 Å². The number of hydrogen-bond donors (Lipinski definition) is 0. The molecule has 3 heteroatoms. The maximum Gasteiger partial charge on any atom is 0.179 e. The Labute approximate surface area is 61.9 Å². The molecule has 0 aromatic heterocycles. The predicted molar refractivity (Wildman–Crippen MR) is 41.4 cm³/mol. The van der Waals surface area contributed by atoms with Gasteiger partial charge in [-0.15, -0.1) is 0 Å². The Balaban J connectivity index is 3.22. The molecule has 0 unspecified atom stereocenters. The minimum absolute atomic E-state index is 0.525. The molecule has 1 aliphatic rings. The van der Waals surface area contributed by atoms with Crippen molar-refractivity contribution in [3.05, 3.63) is 11.0 Å². The van der Waals surface area contributed by atoms with E-state index in [1.165, 1.54) is 0 Å². The summed E-state index contributed by atoms with van der Waals surface area (Å²) in [5, 5.41) is 0. The maximum atomic E-state index is 11.3. The van der Waals surface area contributed by atoms with Gasteiger partial charge in [0.15, 0.2) is 9.84 Å². The van der Waals surface area contributed by atoms with Gasteiger partial charge in [-0.2, -0.15) is 0 Å². The Kier molecular flexibility index (Phi) is 1.44. The lowest BCUT2D eigenvalue weighted by atomic mass is 10.1. The molecular weight excluding hydrogens is 148 g/mol. The zero-order valence-electron chi connectivity index (χ0n) is 6.51. The van der Waals surface area contributed by atoms with Gasteiger partial charge in [0, 0.05) is 4.91 Å². The summed E-state index contributed by atoms with van der Waals surface area (Å²) in [6.45, 7) is 5.18. The van der Waals surface area contributed by atoms with Crippen LogP contribution < -0.4 is 0 Å². The Morgan fingerprint density at radius 1 is 1.50 bits per heavy atom. The molecule has 0 bridgehead atoms. The first-order chi connectivity index (χ1) is 4.38. The van der Waals surface area contributed by atoms with E-state index in [-0.39, 0.29) is 0 Å². The van der Waals surface area contributed by atoms with Crippen LogP contribution in [-0.2, 0) is 9.84 Å². The van der Waals surface area contributed by atoms with Crippen LogP contribution in [0, 0.1) is 0 Å². The average Bonchev–Trinajstić information content (AvgIpc) is 1.94. The highest BCUT2D eigenvalue weighted by Crippen LogP contribution is 2.34. The first-order valence-corrected chi connectivity index (χ1v) is 4.78. The summed E-state index contributed by atoms with van der Waals surface area (Å²) in [4.78, 5) is 0.525. The zero-order valence-corrected chi connectivity index (χ0v) is 7.33. The molecule has 1 heterocycles. The normalized spacial score (nSPS) is 28.1. The smallest absolute Gasteiger partial charge is 0.179 e. The van der Waals surface area contributed by atoms with E-state index in [1.807, 2.05) is 0 Å². The standard InChI is InChI=1S/C7H12O2S/c1-6-4-5-7(2,3)10(6,8)9/h4H,5H2,1-3H3. The van der Waals surface area contributed by atoms with Gasteiger partial charge in [0.05, 0.1) is 4.75 Å². The van der Waals surface area contributed by atoms with Gasteiger partial charge in [0.1, 0.15) is 0 Å². The quantitative estimate of drug-likeness (QED) is 0.538. The lowest BCUT2D eigenvalue weighted by Gasteiger charge is -2.16. The van der Waals surface area contributed by atoms with E-state index in [0.717, 1.165) is 0 Å². The average molecular weight is 160 g/mol. The molecule has 0 aromatic carbocycles. The van der Waals surface area contributed by atoms with Crippen LogP contribution in [0.2, 0.25) is 0 Å². The Hall–Kier alpha value is -0.310. The van der Waals surface area contributed by atoms with Crippen LogP contribution in [0.15, 0.2) is 11.0 Å². The second-order valence-electron chi connectivity index (χ2n) is 3.28. The summed E-state index contributed by atoms with van der Waals surface area (Å²) >= 11 is 0. The van der Waals surface area contributed by atoms with Gasteiger partial charge in [-0.05, 0) is 27.2 Å². The van der Waals surface area contributed by atoms with Crippen molar-refractivity contribution in [1.82, 2.24) is 0 Å². The Morgan fingerprint density at radius 2 is 2.00 bits per heavy atom. The highest BCUT2D eigenvalue weighted by atomic mass is 32.2. The largest absolute Gasteiger partial charge is 0.223 e. The van der Waals surface area contributed by atoms with Crippen molar-refractivity contribution >= 4 is 9.84 Å². The monoisotopic (exact) mass is 160 g/mol. The lowest BCUT2D eigenvalue weighted by Crippen LogP contribution is -2.26. The Bertz CT molecular complexity index is 270. The van der Waals surface area contributed by atoms with Crippen LogP contribution in [0.5, 0.6) is 0 Å². The summed E-state index contributed by atoms with van der Waals surface area (Å²) in [7, 11) is -2.94. The number of rotatable bonds is 0. The van der Waals surface area contributed by atoms with E-state index < -0.39 is 14.6 Å². The summed E-state index contributed by atoms with van der Waals surface area (Å²) in [6, 6.07) is 0. The third-order valence-corrected chi connectivity index (χ3v) is 4.67. The Morgan fingerprint density at radius 3 is 2.10 bits per heavy atom. The van der Waals surface area contributed by atoms with Crippen molar-refractivity contribution < 1.29 is 8.42 Å². The first kappa shape index (κ1) is 7.79. The van der Waals surface area contributed by atoms with E-state index in [0.29, 0.717) is 11.3 Å². The summed E-state index contributed by atoms with van der Waals surface area (Å²) in [5.74, 6) is 0. The van der Waals surface area contributed by atoms with Gasteiger partial charge >= 0.3 is 0 Å². The van der Waals surface area contributed by atoms with Gasteiger partial charge in [0.2, 0.25) is 0 Å². The van der Waals surface area contributed by atoms with E-state index in [1.54, 1.807) is 26.8 Å². The second kappa shape index (κ2) is 1.84. The third kappa shape index (κ3) is 0.804. The lowest BCUT2D eigenvalue weighted by molar-refractivity contribution is 0.562. The van der Waals surface area contributed by atoms with Crippen LogP contribution in [0.4, 0.5) is 0 Å². The van der Waals surface area contributed by atoms with Gasteiger partial charge < -0.3 is 0 Å². The van der Waals surface area contributed by atoms with E-state index >= 15 is 0 Å². The van der Waals surface area contributed by atoms with Crippen LogP contribution in [0.25, 0.3) is 0 Å². The molecule has 2 nitrogen and oxygen atoms in total. The van der Waals surface area contributed by atoms with Crippen molar-refractivity contribution in [3.63, 3.8) is 0 Å². The number of hydrogen-bond acceptors (Lipinski definition) is 2. The molecule has 58 valence electrons. The van der Waals surface area contributed by atoms with Gasteiger partial charge in [-0.1, -0.05) is 6.08 Å². The molecule has 0 aliphatic carbocycles. The van der Waals surface area contributed by atoms with Crippen molar-refractivity contribution in [2.24, 2.45) is 0 Å². The fourth-order valence-corrected chi connectivity index (χ4v) is 2.52. The summed E-state index contributed by atoms with van der Waals surface area (Å²) in [6.07, 6.45) is 2.44. The SMILES string of the molecule is CC1=CCC(C)(C)S1(=O)=O. The van der Waals surface area contributed by atoms with Crippen molar-refractivity contribution in [3.8, 4) is 0 Å². The first-order valence-electron chi connectivity index (χ1n) is 3.29. The highest BCUT2D eigenvalue weighted by Gasteiger charge is 2.38. The zero-order chi connectivity index (χ0) is 7.99. The molecule has 0 amide bonds. The topological polar surface area (TPSA) is 34.1 Å². The minimum Gasteiger partial charge on any atom is -0.223 e. The fraction of sp³-hybridized carbons (Fsp3) is 0.714. The van der Waals surface area contributed by atoms with Crippen molar-refractivity contribution in [1.29, 1.82) is 0 Å². The molecule has 0 aromatic rings. The minimum atomic E-state index is -2.94. The van der Waals surface area contributed by atoms with E-state index in [9.17, 15) is 8.42 Å². The number of allylic oxidation sites excluding steroid dienone is 2. The maximum absolute atomic E-state index is 11.3. The van der Waals surface area contributed by atoms with E-state index in [4.69, 9.17) is 0 Å². The van der Waals surface area contributed by atoms with Crippen molar-refractivity contribution in [2.45, 2.75) is 31.9 Å². The molecule has 1 rings (SSSR count). The van der Waals surface area contributed by atoms with Crippen LogP contribution in [-0.4, -0.2) is 13.2 Å². The molecule has 0 saturated carbocycles. The second-order valence-corrected chi connectivity index (χ2v) is 6.04. The van der Waals surface area contributed by atoms with Gasteiger partial charge in [-0.25, -0.2) is 8.42 Å². The predicted octanol–water partition coefficient (Wildman–Crippen LogP) is 1.49. The molecule has 0 radical (unpaired) electrons. The molecule has 1 aliphatic heterocycles. The number of sulfone groups is 1. The van der Waals surface area contributed by atoms with Gasteiger partial charge in [0.25, 0.3) is 0 Å². The molecule has 0 atom stereocenters. The van der Waals surface area contributed by atoms with Gasteiger partial charge in [-0.3, -0.25) is 0 Å². The molecule has 0 spiro atoms. The van der Waals surface area contributed by atoms with Crippen LogP contribution >= 0.6 is 0 Å². The van der Waals surface area contributed by atoms with E-state index in [2.05, 4.69) is 0 Å². The fourth-order valence-electron chi connectivity index (χ4n) is 1.04. The molecule has 0 N–H and O–H groups in total. The molecule has 0 saturated heterocycles. The van der Waals surface area contributed by atoms with Crippen molar-refractivity contribution in [2.75, 3.05) is 0 Å². The highest BCUT2D eigenvalue weighted by molar-refractivity contribution is 7.96. The third-order valence-electron chi connectivity index (χ3n) is 2.03. The summed E-state index contributed by atoms with van der Waals surface area (Å²) in [5.41, 5.74) is 0. The molecular formula is C7H12O2S. The summed E-state index contributed by atoms with van der Waals surface area (Å²) < 4.78 is 22.1. The van der Waals surface area contributed by atoms with Crippen LogP contribution in [0.1, 0.15) is 27.2 Å².